The number of nitrogens with one attached hydrogen (secondary N) is 3. The van der Waals surface area contributed by atoms with E-state index >= 15 is 0 Å². The molecule has 0 spiro atoms. The summed E-state index contributed by atoms with van der Waals surface area (Å²) in [6.07, 6.45) is 0. The number of rotatable bonds is 3. The van der Waals surface area contributed by atoms with Crippen molar-refractivity contribution in [1.82, 2.24) is 30.5 Å². The molecular weight excluding hydrogens is 284 g/mol. The minimum absolute atomic E-state index is 0.0391. The van der Waals surface area contributed by atoms with E-state index in [1.54, 1.807) is 38.1 Å². The third-order valence-electron chi connectivity index (χ3n) is 3.18. The number of hydrogen-bond donors (Lipinski definition) is 3. The Hall–Kier alpha value is -3.03. The summed E-state index contributed by atoms with van der Waals surface area (Å²) in [5.74, 6) is 0.600. The monoisotopic (exact) mass is 298 g/mol. The van der Waals surface area contributed by atoms with Crippen molar-refractivity contribution in [3.63, 3.8) is 0 Å². The Morgan fingerprint density at radius 1 is 1.27 bits per heavy atom. The molecular formula is C14H14N6O2. The summed E-state index contributed by atoms with van der Waals surface area (Å²) in [5.41, 5.74) is 0.120. The van der Waals surface area contributed by atoms with Crippen molar-refractivity contribution in [1.29, 1.82) is 0 Å². The molecule has 3 aromatic rings. The molecule has 0 saturated heterocycles. The number of fused-ring (bicyclic) bond motifs is 1. The van der Waals surface area contributed by atoms with E-state index in [1.165, 1.54) is 0 Å². The molecule has 8 nitrogen and oxygen atoms in total. The van der Waals surface area contributed by atoms with Crippen molar-refractivity contribution in [2.45, 2.75) is 19.9 Å². The molecule has 2 aromatic heterocycles. The van der Waals surface area contributed by atoms with Crippen LogP contribution in [0.25, 0.3) is 10.9 Å². The van der Waals surface area contributed by atoms with Crippen LogP contribution in [0.3, 0.4) is 0 Å². The number of aromatic amines is 2. The largest absolute Gasteiger partial charge is 0.340 e. The maximum atomic E-state index is 12.2. The molecule has 2 heterocycles. The van der Waals surface area contributed by atoms with Crippen LogP contribution in [0.4, 0.5) is 0 Å². The number of nitrogens with zero attached hydrogens (tertiary/aromatic N) is 3. The molecule has 1 unspecified atom stereocenters. The summed E-state index contributed by atoms with van der Waals surface area (Å²) in [6, 6.07) is 6.43. The molecule has 0 aliphatic carbocycles. The predicted octanol–water partition coefficient (Wildman–Crippen LogP) is 0.841. The van der Waals surface area contributed by atoms with Gasteiger partial charge in [-0.2, -0.15) is 5.10 Å². The van der Waals surface area contributed by atoms with E-state index in [0.29, 0.717) is 22.6 Å². The summed E-state index contributed by atoms with van der Waals surface area (Å²) in [7, 11) is 0. The lowest BCUT2D eigenvalue weighted by atomic mass is 10.2. The first kappa shape index (κ1) is 13.9. The maximum Gasteiger partial charge on any atom is 0.287 e. The van der Waals surface area contributed by atoms with Crippen LogP contribution in [0.1, 0.15) is 35.2 Å². The zero-order chi connectivity index (χ0) is 15.7. The Balaban J connectivity index is 1.87. The van der Waals surface area contributed by atoms with Gasteiger partial charge in [-0.25, -0.2) is 9.97 Å². The second-order valence-corrected chi connectivity index (χ2v) is 4.91. The van der Waals surface area contributed by atoms with Crippen LogP contribution < -0.4 is 10.9 Å². The fourth-order valence-electron chi connectivity index (χ4n) is 2.08. The third-order valence-corrected chi connectivity index (χ3v) is 3.18. The smallest absolute Gasteiger partial charge is 0.287 e. The van der Waals surface area contributed by atoms with Crippen molar-refractivity contribution in [3.8, 4) is 0 Å². The van der Waals surface area contributed by atoms with Gasteiger partial charge in [0.05, 0.1) is 16.9 Å². The van der Waals surface area contributed by atoms with Gasteiger partial charge >= 0.3 is 0 Å². The van der Waals surface area contributed by atoms with Crippen LogP contribution in [0, 0.1) is 6.92 Å². The molecule has 3 N–H and O–H groups in total. The first-order valence-electron chi connectivity index (χ1n) is 6.73. The first-order valence-corrected chi connectivity index (χ1v) is 6.73. The molecule has 0 radical (unpaired) electrons. The van der Waals surface area contributed by atoms with E-state index in [2.05, 4.69) is 30.5 Å². The number of hydrogen-bond acceptors (Lipinski definition) is 5. The van der Waals surface area contributed by atoms with Crippen LogP contribution in [0.2, 0.25) is 0 Å². The first-order chi connectivity index (χ1) is 10.5. The van der Waals surface area contributed by atoms with Gasteiger partial charge in [0.25, 0.3) is 11.5 Å². The lowest BCUT2D eigenvalue weighted by Gasteiger charge is -2.10. The normalized spacial score (nSPS) is 12.3. The number of para-hydroxylation sites is 1. The van der Waals surface area contributed by atoms with Gasteiger partial charge in [-0.15, -0.1) is 0 Å². The number of aromatic nitrogens is 5. The number of carbonyl (C=O) groups is 1. The topological polar surface area (TPSA) is 116 Å². The quantitative estimate of drug-likeness (QED) is 0.662. The van der Waals surface area contributed by atoms with Gasteiger partial charge in [0, 0.05) is 0 Å². The van der Waals surface area contributed by atoms with Gasteiger partial charge in [0.2, 0.25) is 0 Å². The number of carbonyl (C=O) groups excluding carboxylic acids is 1. The number of aryl methyl sites for hydroxylation is 1. The summed E-state index contributed by atoms with van der Waals surface area (Å²) in [6.45, 7) is 3.52. The van der Waals surface area contributed by atoms with Gasteiger partial charge in [0.15, 0.2) is 11.6 Å². The SMILES string of the molecule is Cc1nc(C(C)NC(=O)c2nc3ccccc3c(=O)[nH]2)n[nH]1. The summed E-state index contributed by atoms with van der Waals surface area (Å²) < 4.78 is 0. The number of amides is 1. The van der Waals surface area contributed by atoms with Crippen LogP contribution in [-0.4, -0.2) is 31.1 Å². The highest BCUT2D eigenvalue weighted by Gasteiger charge is 2.17. The molecule has 1 atom stereocenters. The van der Waals surface area contributed by atoms with Gasteiger partial charge in [-0.1, -0.05) is 12.1 Å². The fraction of sp³-hybridized carbons (Fsp3) is 0.214. The van der Waals surface area contributed by atoms with Gasteiger partial charge in [0.1, 0.15) is 5.82 Å². The average Bonchev–Trinajstić information content (AvgIpc) is 2.94. The van der Waals surface area contributed by atoms with Crippen LogP contribution in [0.15, 0.2) is 29.1 Å². The Morgan fingerprint density at radius 2 is 2.05 bits per heavy atom. The maximum absolute atomic E-state index is 12.2. The zero-order valence-electron chi connectivity index (χ0n) is 12.0. The second-order valence-electron chi connectivity index (χ2n) is 4.91. The van der Waals surface area contributed by atoms with Crippen LogP contribution >= 0.6 is 0 Å². The van der Waals surface area contributed by atoms with E-state index in [4.69, 9.17) is 0 Å². The summed E-state index contributed by atoms with van der Waals surface area (Å²) >= 11 is 0. The van der Waals surface area contributed by atoms with E-state index in [1.807, 2.05) is 0 Å². The Kier molecular flexibility index (Phi) is 3.42. The molecule has 112 valence electrons. The van der Waals surface area contributed by atoms with Crippen molar-refractivity contribution >= 4 is 16.8 Å². The Morgan fingerprint density at radius 3 is 2.77 bits per heavy atom. The van der Waals surface area contributed by atoms with Crippen LogP contribution in [0.5, 0.6) is 0 Å². The molecule has 0 aliphatic heterocycles. The zero-order valence-corrected chi connectivity index (χ0v) is 12.0. The fourth-order valence-corrected chi connectivity index (χ4v) is 2.08. The van der Waals surface area contributed by atoms with Crippen molar-refractivity contribution in [3.05, 3.63) is 52.1 Å². The molecule has 0 bridgehead atoms. The molecule has 1 amide bonds. The highest BCUT2D eigenvalue weighted by Crippen LogP contribution is 2.08. The van der Waals surface area contributed by atoms with E-state index < -0.39 is 11.9 Å². The Labute approximate surface area is 125 Å². The van der Waals surface area contributed by atoms with Crippen LogP contribution in [-0.2, 0) is 0 Å². The van der Waals surface area contributed by atoms with Crippen molar-refractivity contribution in [2.75, 3.05) is 0 Å². The molecule has 1 aromatic carbocycles. The lowest BCUT2D eigenvalue weighted by molar-refractivity contribution is 0.0928. The third kappa shape index (κ3) is 2.58. The van der Waals surface area contributed by atoms with Gasteiger partial charge in [-0.3, -0.25) is 14.7 Å². The van der Waals surface area contributed by atoms with E-state index in [9.17, 15) is 9.59 Å². The van der Waals surface area contributed by atoms with E-state index in [0.717, 1.165) is 0 Å². The summed E-state index contributed by atoms with van der Waals surface area (Å²) in [5, 5.41) is 9.84. The minimum Gasteiger partial charge on any atom is -0.340 e. The molecule has 0 fully saturated rings. The highest BCUT2D eigenvalue weighted by molar-refractivity contribution is 5.92. The summed E-state index contributed by atoms with van der Waals surface area (Å²) in [4.78, 5) is 35.0. The predicted molar refractivity (Wildman–Crippen MR) is 79.4 cm³/mol. The van der Waals surface area contributed by atoms with Crippen molar-refractivity contribution in [2.24, 2.45) is 0 Å². The second kappa shape index (κ2) is 5.40. The molecule has 3 rings (SSSR count). The molecule has 8 heteroatoms. The minimum atomic E-state index is -0.488. The highest BCUT2D eigenvalue weighted by atomic mass is 16.2. The lowest BCUT2D eigenvalue weighted by Crippen LogP contribution is -2.30. The van der Waals surface area contributed by atoms with E-state index in [-0.39, 0.29) is 11.4 Å². The number of H-pyrrole nitrogens is 2. The van der Waals surface area contributed by atoms with Crippen molar-refractivity contribution < 1.29 is 4.79 Å². The average molecular weight is 298 g/mol. The molecule has 22 heavy (non-hydrogen) atoms. The molecule has 0 aliphatic rings. The number of benzene rings is 1. The Bertz CT molecular complexity index is 897. The van der Waals surface area contributed by atoms with Gasteiger partial charge in [-0.05, 0) is 26.0 Å². The van der Waals surface area contributed by atoms with Gasteiger partial charge < -0.3 is 10.3 Å². The standard InChI is InChI=1S/C14H14N6O2/c1-7(11-16-8(2)19-20-11)15-14(22)12-17-10-6-4-3-5-9(10)13(21)18-12/h3-7H,1-2H3,(H,15,22)(H,16,19,20)(H,17,18,21). The molecule has 0 saturated carbocycles.